The minimum Gasteiger partial charge on any atom is -0.497 e. The molecule has 0 radical (unpaired) electrons. The van der Waals surface area contributed by atoms with Crippen LogP contribution >= 0.6 is 23.4 Å². The molecule has 0 spiro atoms. The first-order valence-electron chi connectivity index (χ1n) is 8.33. The molecule has 0 aliphatic rings. The minimum absolute atomic E-state index is 0.135. The highest BCUT2D eigenvalue weighted by Gasteiger charge is 2.11. The summed E-state index contributed by atoms with van der Waals surface area (Å²) in [6, 6.07) is 20.0. The number of nitriles is 1. The van der Waals surface area contributed by atoms with Crippen LogP contribution in [0.2, 0.25) is 5.02 Å². The van der Waals surface area contributed by atoms with Crippen molar-refractivity contribution in [3.63, 3.8) is 0 Å². The summed E-state index contributed by atoms with van der Waals surface area (Å²) in [5.41, 5.74) is 2.72. The van der Waals surface area contributed by atoms with Gasteiger partial charge in [0.2, 0.25) is 5.91 Å². The first-order chi connectivity index (χ1) is 13.6. The van der Waals surface area contributed by atoms with Crippen molar-refractivity contribution in [2.45, 2.75) is 5.03 Å². The van der Waals surface area contributed by atoms with Gasteiger partial charge in [0.05, 0.1) is 24.1 Å². The molecule has 1 amide bonds. The second-order valence-corrected chi connectivity index (χ2v) is 7.13. The maximum absolute atomic E-state index is 12.2. The number of pyridine rings is 1. The quantitative estimate of drug-likeness (QED) is 0.579. The minimum atomic E-state index is -0.187. The van der Waals surface area contributed by atoms with Gasteiger partial charge in [-0.3, -0.25) is 4.79 Å². The number of carbonyl (C=O) groups is 1. The van der Waals surface area contributed by atoms with Crippen LogP contribution in [0, 0.1) is 11.3 Å². The normalized spacial score (nSPS) is 10.2. The van der Waals surface area contributed by atoms with Crippen molar-refractivity contribution in [1.29, 1.82) is 5.26 Å². The van der Waals surface area contributed by atoms with E-state index in [1.54, 1.807) is 43.5 Å². The molecule has 0 saturated carbocycles. The zero-order chi connectivity index (χ0) is 19.9. The Hall–Kier alpha value is -3.01. The lowest BCUT2D eigenvalue weighted by molar-refractivity contribution is -0.113. The van der Waals surface area contributed by atoms with E-state index in [1.807, 2.05) is 24.3 Å². The molecule has 1 aromatic heterocycles. The van der Waals surface area contributed by atoms with Crippen molar-refractivity contribution >= 4 is 35.0 Å². The van der Waals surface area contributed by atoms with Crippen molar-refractivity contribution in [2.24, 2.45) is 0 Å². The third-order valence-electron chi connectivity index (χ3n) is 3.83. The number of halogens is 1. The van der Waals surface area contributed by atoms with Crippen molar-refractivity contribution in [2.75, 3.05) is 18.2 Å². The Morgan fingerprint density at radius 3 is 2.50 bits per heavy atom. The van der Waals surface area contributed by atoms with Gasteiger partial charge in [-0.15, -0.1) is 0 Å². The van der Waals surface area contributed by atoms with Crippen LogP contribution in [0.15, 0.2) is 65.7 Å². The van der Waals surface area contributed by atoms with Gasteiger partial charge in [-0.05, 0) is 60.7 Å². The van der Waals surface area contributed by atoms with E-state index in [2.05, 4.69) is 16.4 Å². The number of thioether (sulfide) groups is 1. The summed E-state index contributed by atoms with van der Waals surface area (Å²) < 4.78 is 5.17. The predicted molar refractivity (Wildman–Crippen MR) is 112 cm³/mol. The number of ether oxygens (including phenoxy) is 1. The molecule has 0 saturated heterocycles. The van der Waals surface area contributed by atoms with Crippen LogP contribution in [-0.4, -0.2) is 23.8 Å². The Labute approximate surface area is 172 Å². The van der Waals surface area contributed by atoms with Crippen LogP contribution in [0.3, 0.4) is 0 Å². The molecule has 0 aliphatic heterocycles. The fourth-order valence-corrected chi connectivity index (χ4v) is 3.32. The van der Waals surface area contributed by atoms with Crippen LogP contribution in [-0.2, 0) is 4.79 Å². The monoisotopic (exact) mass is 409 g/mol. The fraction of sp³-hybridized carbons (Fsp3) is 0.0952. The Bertz CT molecular complexity index is 1020. The van der Waals surface area contributed by atoms with E-state index < -0.39 is 0 Å². The van der Waals surface area contributed by atoms with Crippen molar-refractivity contribution < 1.29 is 9.53 Å². The second kappa shape index (κ2) is 9.27. The molecule has 0 unspecified atom stereocenters. The number of nitrogens with zero attached hydrogens (tertiary/aromatic N) is 2. The largest absolute Gasteiger partial charge is 0.497 e. The summed E-state index contributed by atoms with van der Waals surface area (Å²) in [5.74, 6) is 0.704. The van der Waals surface area contributed by atoms with E-state index in [0.29, 0.717) is 21.3 Å². The molecule has 0 atom stereocenters. The number of hydrogen-bond donors (Lipinski definition) is 1. The van der Waals surface area contributed by atoms with Gasteiger partial charge in [0.25, 0.3) is 0 Å². The van der Waals surface area contributed by atoms with Crippen LogP contribution < -0.4 is 10.1 Å². The van der Waals surface area contributed by atoms with Gasteiger partial charge >= 0.3 is 0 Å². The standard InChI is InChI=1S/C21H16ClN3O2S/c1-27-18-9-2-14(3-10-18)19-11-4-15(12-23)21(25-19)28-13-20(26)24-17-7-5-16(22)6-8-17/h2-11H,13H2,1H3,(H,24,26). The number of aromatic nitrogens is 1. The molecular formula is C21H16ClN3O2S. The number of anilines is 1. The number of hydrogen-bond acceptors (Lipinski definition) is 5. The van der Waals surface area contributed by atoms with Gasteiger partial charge in [-0.25, -0.2) is 4.98 Å². The fourth-order valence-electron chi connectivity index (χ4n) is 2.42. The highest BCUT2D eigenvalue weighted by Crippen LogP contribution is 2.26. The van der Waals surface area contributed by atoms with Gasteiger partial charge < -0.3 is 10.1 Å². The summed E-state index contributed by atoms with van der Waals surface area (Å²) in [5, 5.41) is 13.3. The van der Waals surface area contributed by atoms with E-state index in [1.165, 1.54) is 11.8 Å². The van der Waals surface area contributed by atoms with Gasteiger partial charge in [-0.1, -0.05) is 23.4 Å². The number of amides is 1. The highest BCUT2D eigenvalue weighted by molar-refractivity contribution is 8.00. The molecular weight excluding hydrogens is 394 g/mol. The smallest absolute Gasteiger partial charge is 0.234 e. The van der Waals surface area contributed by atoms with Gasteiger partial charge in [-0.2, -0.15) is 5.26 Å². The molecule has 5 nitrogen and oxygen atoms in total. The van der Waals surface area contributed by atoms with Gasteiger partial charge in [0, 0.05) is 16.3 Å². The molecule has 2 aromatic carbocycles. The number of benzene rings is 2. The molecule has 7 heteroatoms. The summed E-state index contributed by atoms with van der Waals surface area (Å²) in [6.07, 6.45) is 0. The Kier molecular flexibility index (Phi) is 6.53. The molecule has 1 N–H and O–H groups in total. The van der Waals surface area contributed by atoms with Crippen molar-refractivity contribution in [3.05, 3.63) is 71.2 Å². The number of carbonyl (C=O) groups excluding carboxylic acids is 1. The van der Waals surface area contributed by atoms with Gasteiger partial charge in [0.15, 0.2) is 0 Å². The van der Waals surface area contributed by atoms with E-state index in [4.69, 9.17) is 16.3 Å². The number of nitrogens with one attached hydrogen (secondary N) is 1. The SMILES string of the molecule is COc1ccc(-c2ccc(C#N)c(SCC(=O)Nc3ccc(Cl)cc3)n2)cc1. The molecule has 0 aliphatic carbocycles. The summed E-state index contributed by atoms with van der Waals surface area (Å²) in [4.78, 5) is 16.8. The lowest BCUT2D eigenvalue weighted by Gasteiger charge is -2.08. The number of rotatable bonds is 6. The van der Waals surface area contributed by atoms with E-state index in [0.717, 1.165) is 17.0 Å². The maximum Gasteiger partial charge on any atom is 0.234 e. The van der Waals surface area contributed by atoms with E-state index in [9.17, 15) is 10.1 Å². The summed E-state index contributed by atoms with van der Waals surface area (Å²) in [7, 11) is 1.61. The Morgan fingerprint density at radius 1 is 1.14 bits per heavy atom. The van der Waals surface area contributed by atoms with Crippen LogP contribution in [0.5, 0.6) is 5.75 Å². The maximum atomic E-state index is 12.2. The lowest BCUT2D eigenvalue weighted by Crippen LogP contribution is -2.14. The van der Waals surface area contributed by atoms with Crippen LogP contribution in [0.1, 0.15) is 5.56 Å². The van der Waals surface area contributed by atoms with Crippen LogP contribution in [0.4, 0.5) is 5.69 Å². The van der Waals surface area contributed by atoms with Gasteiger partial charge in [0.1, 0.15) is 16.8 Å². The third kappa shape index (κ3) is 5.03. The second-order valence-electron chi connectivity index (χ2n) is 5.73. The van der Waals surface area contributed by atoms with E-state index >= 15 is 0 Å². The molecule has 3 rings (SSSR count). The zero-order valence-electron chi connectivity index (χ0n) is 15.0. The summed E-state index contributed by atoms with van der Waals surface area (Å²) >= 11 is 7.06. The topological polar surface area (TPSA) is 75.0 Å². The van der Waals surface area contributed by atoms with E-state index in [-0.39, 0.29) is 11.7 Å². The molecule has 0 fully saturated rings. The summed E-state index contributed by atoms with van der Waals surface area (Å²) in [6.45, 7) is 0. The third-order valence-corrected chi connectivity index (χ3v) is 5.08. The molecule has 28 heavy (non-hydrogen) atoms. The first kappa shape index (κ1) is 19.7. The molecule has 3 aromatic rings. The Morgan fingerprint density at radius 2 is 1.86 bits per heavy atom. The van der Waals surface area contributed by atoms with Crippen molar-refractivity contribution in [3.8, 4) is 23.1 Å². The molecule has 0 bridgehead atoms. The zero-order valence-corrected chi connectivity index (χ0v) is 16.6. The number of methoxy groups -OCH3 is 1. The highest BCUT2D eigenvalue weighted by atomic mass is 35.5. The first-order valence-corrected chi connectivity index (χ1v) is 9.69. The predicted octanol–water partition coefficient (Wildman–Crippen LogP) is 5.01. The van der Waals surface area contributed by atoms with Crippen molar-refractivity contribution in [1.82, 2.24) is 4.98 Å². The Balaban J connectivity index is 1.72. The lowest BCUT2D eigenvalue weighted by atomic mass is 10.1. The van der Waals surface area contributed by atoms with Crippen LogP contribution in [0.25, 0.3) is 11.3 Å². The molecule has 1 heterocycles. The molecule has 140 valence electrons. The average molecular weight is 410 g/mol. The average Bonchev–Trinajstić information content (AvgIpc) is 2.73.